The Kier molecular flexibility index (Phi) is 4.64. The molecule has 0 heterocycles. The number of para-hydroxylation sites is 1. The third kappa shape index (κ3) is 3.31. The lowest BCUT2D eigenvalue weighted by Gasteiger charge is -2.13. The maximum absolute atomic E-state index is 4.55. The second-order valence-corrected chi connectivity index (χ2v) is 7.17. The molecule has 0 unspecified atom stereocenters. The van der Waals surface area contributed by atoms with Crippen LogP contribution in [-0.2, 0) is 0 Å². The number of nitrogens with zero attached hydrogens (tertiary/aromatic N) is 1. The summed E-state index contributed by atoms with van der Waals surface area (Å²) in [6.07, 6.45) is 2.98. The molecule has 1 aliphatic rings. The van der Waals surface area contributed by atoms with Gasteiger partial charge in [0.1, 0.15) is 0 Å². The summed E-state index contributed by atoms with van der Waals surface area (Å²) in [6, 6.07) is 23.0. The van der Waals surface area contributed by atoms with Gasteiger partial charge in [-0.1, -0.05) is 60.2 Å². The summed E-state index contributed by atoms with van der Waals surface area (Å²) >= 11 is 0. The maximum Gasteiger partial charge on any atom is 0.0561 e. The summed E-state index contributed by atoms with van der Waals surface area (Å²) in [4.78, 5) is 0. The fraction of sp³-hybridized carbons (Fsp3) is 0.160. The molecule has 1 aliphatic carbocycles. The predicted molar refractivity (Wildman–Crippen MR) is 117 cm³/mol. The highest BCUT2D eigenvalue weighted by atomic mass is 15.3. The van der Waals surface area contributed by atoms with Crippen molar-refractivity contribution in [1.29, 1.82) is 0 Å². The molecule has 0 atom stereocenters. The van der Waals surface area contributed by atoms with Crippen molar-refractivity contribution in [1.82, 2.24) is 0 Å². The second-order valence-electron chi connectivity index (χ2n) is 7.17. The number of hydrogen-bond acceptors (Lipinski definition) is 2. The van der Waals surface area contributed by atoms with Gasteiger partial charge in [-0.3, -0.25) is 5.43 Å². The Labute approximate surface area is 160 Å². The van der Waals surface area contributed by atoms with Crippen molar-refractivity contribution in [2.24, 2.45) is 5.10 Å². The summed E-state index contributed by atoms with van der Waals surface area (Å²) in [5.41, 5.74) is 12.3. The quantitative estimate of drug-likeness (QED) is 0.405. The molecule has 0 spiro atoms. The van der Waals surface area contributed by atoms with Crippen LogP contribution in [0.1, 0.15) is 38.3 Å². The first-order valence-electron chi connectivity index (χ1n) is 9.38. The van der Waals surface area contributed by atoms with E-state index in [0.717, 1.165) is 12.1 Å². The molecule has 2 nitrogen and oxygen atoms in total. The van der Waals surface area contributed by atoms with Crippen LogP contribution in [0.5, 0.6) is 0 Å². The minimum absolute atomic E-state index is 0.986. The fourth-order valence-corrected chi connectivity index (χ4v) is 3.76. The summed E-state index contributed by atoms with van der Waals surface area (Å²) in [7, 11) is 0. The topological polar surface area (TPSA) is 24.4 Å². The molecule has 0 fully saturated rings. The van der Waals surface area contributed by atoms with E-state index < -0.39 is 0 Å². The van der Waals surface area contributed by atoms with Crippen molar-refractivity contribution in [2.75, 3.05) is 5.43 Å². The molecule has 2 heteroatoms. The first kappa shape index (κ1) is 17.3. The maximum atomic E-state index is 4.55. The Bertz CT molecular complexity index is 1090. The van der Waals surface area contributed by atoms with Crippen molar-refractivity contribution in [3.8, 4) is 0 Å². The molecular weight excluding hydrogens is 328 g/mol. The molecule has 0 saturated heterocycles. The molecule has 27 heavy (non-hydrogen) atoms. The van der Waals surface area contributed by atoms with Crippen LogP contribution >= 0.6 is 0 Å². The zero-order valence-corrected chi connectivity index (χ0v) is 16.1. The van der Waals surface area contributed by atoms with Gasteiger partial charge in [-0.05, 0) is 72.4 Å². The first-order valence-corrected chi connectivity index (χ1v) is 9.38. The lowest BCUT2D eigenvalue weighted by Crippen LogP contribution is -1.97. The number of benzene rings is 3. The highest BCUT2D eigenvalue weighted by Gasteiger charge is 2.19. The molecule has 0 amide bonds. The van der Waals surface area contributed by atoms with Crippen LogP contribution in [-0.4, -0.2) is 6.21 Å². The molecule has 0 radical (unpaired) electrons. The van der Waals surface area contributed by atoms with Gasteiger partial charge < -0.3 is 0 Å². The van der Waals surface area contributed by atoms with Gasteiger partial charge in [0.2, 0.25) is 0 Å². The van der Waals surface area contributed by atoms with Gasteiger partial charge in [-0.15, -0.1) is 0 Å². The van der Waals surface area contributed by atoms with Crippen molar-refractivity contribution >= 4 is 28.2 Å². The van der Waals surface area contributed by atoms with Crippen LogP contribution in [0.2, 0.25) is 0 Å². The number of fused-ring (bicyclic) bond motifs is 1. The summed E-state index contributed by atoms with van der Waals surface area (Å²) in [6.45, 7) is 6.69. The minimum atomic E-state index is 0.986. The van der Waals surface area contributed by atoms with Crippen LogP contribution in [0.25, 0.3) is 16.3 Å². The van der Waals surface area contributed by atoms with Gasteiger partial charge in [0.05, 0.1) is 11.9 Å². The van der Waals surface area contributed by atoms with Crippen LogP contribution in [0.15, 0.2) is 88.6 Å². The minimum Gasteiger partial charge on any atom is -0.279 e. The number of allylic oxidation sites excluding steroid dienone is 4. The van der Waals surface area contributed by atoms with E-state index in [-0.39, 0.29) is 0 Å². The number of anilines is 1. The number of rotatable bonds is 4. The normalized spacial score (nSPS) is 14.6. The van der Waals surface area contributed by atoms with E-state index in [2.05, 4.69) is 67.7 Å². The van der Waals surface area contributed by atoms with Crippen LogP contribution in [0.3, 0.4) is 0 Å². The number of hydrogen-bond donors (Lipinski definition) is 1. The second kappa shape index (κ2) is 7.24. The molecule has 4 rings (SSSR count). The molecule has 3 aromatic carbocycles. The van der Waals surface area contributed by atoms with Gasteiger partial charge >= 0.3 is 0 Å². The number of nitrogens with one attached hydrogen (secondary N) is 1. The molecule has 0 aromatic heterocycles. The Morgan fingerprint density at radius 1 is 0.815 bits per heavy atom. The van der Waals surface area contributed by atoms with Crippen LogP contribution in [0.4, 0.5) is 5.69 Å². The number of hydrazone groups is 1. The molecule has 3 aromatic rings. The average molecular weight is 352 g/mol. The van der Waals surface area contributed by atoms with E-state index in [0.29, 0.717) is 0 Å². The van der Waals surface area contributed by atoms with E-state index in [9.17, 15) is 0 Å². The van der Waals surface area contributed by atoms with Gasteiger partial charge in [0.25, 0.3) is 0 Å². The standard InChI is InChI=1S/C25H24N2/c1-17-15-24(19(3)18(17)2)23-14-13-20-9-7-8-12-22(20)25(23)16-26-27-21-10-5-4-6-11-21/h4-14,16,27H,15H2,1-3H3/b26-16+. The van der Waals surface area contributed by atoms with Crippen molar-refractivity contribution in [3.63, 3.8) is 0 Å². The van der Waals surface area contributed by atoms with Crippen LogP contribution in [0, 0.1) is 0 Å². The molecule has 134 valence electrons. The van der Waals surface area contributed by atoms with E-state index in [1.165, 1.54) is 44.2 Å². The van der Waals surface area contributed by atoms with Gasteiger partial charge in [0, 0.05) is 5.56 Å². The molecule has 0 aliphatic heterocycles. The molecule has 1 N–H and O–H groups in total. The average Bonchev–Trinajstić information content (AvgIpc) is 2.96. The van der Waals surface area contributed by atoms with Crippen molar-refractivity contribution < 1.29 is 0 Å². The lowest BCUT2D eigenvalue weighted by molar-refractivity contribution is 1.22. The Morgan fingerprint density at radius 2 is 1.56 bits per heavy atom. The summed E-state index contributed by atoms with van der Waals surface area (Å²) in [5, 5.41) is 7.01. The molecule has 0 bridgehead atoms. The zero-order valence-electron chi connectivity index (χ0n) is 16.1. The fourth-order valence-electron chi connectivity index (χ4n) is 3.76. The van der Waals surface area contributed by atoms with Crippen molar-refractivity contribution in [3.05, 3.63) is 94.6 Å². The van der Waals surface area contributed by atoms with E-state index >= 15 is 0 Å². The Hall–Kier alpha value is -3.13. The molecular formula is C25H24N2. The van der Waals surface area contributed by atoms with E-state index in [1.807, 2.05) is 36.5 Å². The van der Waals surface area contributed by atoms with Crippen molar-refractivity contribution in [2.45, 2.75) is 27.2 Å². The Balaban J connectivity index is 1.80. The highest BCUT2D eigenvalue weighted by Crippen LogP contribution is 2.40. The summed E-state index contributed by atoms with van der Waals surface area (Å²) in [5.74, 6) is 0. The molecule has 0 saturated carbocycles. The van der Waals surface area contributed by atoms with Gasteiger partial charge in [0.15, 0.2) is 0 Å². The smallest absolute Gasteiger partial charge is 0.0561 e. The monoisotopic (exact) mass is 352 g/mol. The van der Waals surface area contributed by atoms with Crippen LogP contribution < -0.4 is 5.43 Å². The summed E-state index contributed by atoms with van der Waals surface area (Å²) < 4.78 is 0. The largest absolute Gasteiger partial charge is 0.279 e. The van der Waals surface area contributed by atoms with E-state index in [4.69, 9.17) is 0 Å². The van der Waals surface area contributed by atoms with Gasteiger partial charge in [-0.2, -0.15) is 5.10 Å². The highest BCUT2D eigenvalue weighted by molar-refractivity contribution is 6.05. The lowest BCUT2D eigenvalue weighted by atomic mass is 9.92. The zero-order chi connectivity index (χ0) is 18.8. The SMILES string of the molecule is CC1=C(C)C(C)=C(c2ccc3ccccc3c2/C=N/Nc2ccccc2)C1. The van der Waals surface area contributed by atoms with E-state index in [1.54, 1.807) is 0 Å². The third-order valence-electron chi connectivity index (χ3n) is 5.55. The first-order chi connectivity index (χ1) is 13.1. The third-order valence-corrected chi connectivity index (χ3v) is 5.55. The predicted octanol–water partition coefficient (Wildman–Crippen LogP) is 6.80. The van der Waals surface area contributed by atoms with Gasteiger partial charge in [-0.25, -0.2) is 0 Å². The Morgan fingerprint density at radius 3 is 2.30 bits per heavy atom.